The first-order chi connectivity index (χ1) is 15.3. The van der Waals surface area contributed by atoms with Gasteiger partial charge in [-0.3, -0.25) is 25.1 Å². The van der Waals surface area contributed by atoms with Crippen LogP contribution in [0.25, 0.3) is 21.5 Å². The van der Waals surface area contributed by atoms with Crippen molar-refractivity contribution < 1.29 is 15.1 Å². The smallest absolute Gasteiger partial charge is 0.270 e. The molecule has 164 valence electrons. The predicted octanol–water partition coefficient (Wildman–Crippen LogP) is 2.37. The molecule has 0 fully saturated rings. The summed E-state index contributed by atoms with van der Waals surface area (Å²) in [6, 6.07) is 7.97. The van der Waals surface area contributed by atoms with Crippen LogP contribution in [0.2, 0.25) is 0 Å². The quantitative estimate of drug-likeness (QED) is 0.349. The summed E-state index contributed by atoms with van der Waals surface area (Å²) in [6.45, 7) is 3.84. The summed E-state index contributed by atoms with van der Waals surface area (Å²) in [4.78, 5) is 35.6. The first kappa shape index (κ1) is 21.0. The number of anilines is 1. The highest BCUT2D eigenvalue weighted by atomic mass is 16.6. The van der Waals surface area contributed by atoms with Gasteiger partial charge in [0.25, 0.3) is 5.69 Å². The van der Waals surface area contributed by atoms with Crippen molar-refractivity contribution in [2.75, 3.05) is 5.43 Å². The van der Waals surface area contributed by atoms with Gasteiger partial charge in [-0.25, -0.2) is 0 Å². The van der Waals surface area contributed by atoms with Crippen LogP contribution >= 0.6 is 0 Å². The van der Waals surface area contributed by atoms with Crippen LogP contribution in [0.1, 0.15) is 32.7 Å². The second kappa shape index (κ2) is 7.80. The van der Waals surface area contributed by atoms with E-state index in [4.69, 9.17) is 0 Å². The van der Waals surface area contributed by atoms with Gasteiger partial charge >= 0.3 is 0 Å². The van der Waals surface area contributed by atoms with Crippen LogP contribution in [0.3, 0.4) is 0 Å². The van der Waals surface area contributed by atoms with Gasteiger partial charge in [0, 0.05) is 28.9 Å². The number of benzene rings is 2. The topological polar surface area (TPSA) is 150 Å². The second-order valence-electron chi connectivity index (χ2n) is 7.41. The van der Waals surface area contributed by atoms with Crippen molar-refractivity contribution in [3.63, 3.8) is 0 Å². The average Bonchev–Trinajstić information content (AvgIpc) is 3.18. The van der Waals surface area contributed by atoms with Crippen molar-refractivity contribution >= 4 is 32.9 Å². The normalized spacial score (nSPS) is 12.3. The van der Waals surface area contributed by atoms with Gasteiger partial charge in [0.2, 0.25) is 16.7 Å². The van der Waals surface area contributed by atoms with Gasteiger partial charge in [-0.15, -0.1) is 0 Å². The van der Waals surface area contributed by atoms with Gasteiger partial charge in [0.15, 0.2) is 5.36 Å². The van der Waals surface area contributed by atoms with Gasteiger partial charge in [0.05, 0.1) is 16.0 Å². The van der Waals surface area contributed by atoms with Crippen molar-refractivity contribution in [1.29, 1.82) is 0 Å². The Bertz CT molecular complexity index is 1520. The molecule has 0 radical (unpaired) electrons. The number of nitrogens with zero attached hydrogens (tertiary/aromatic N) is 3. The van der Waals surface area contributed by atoms with Crippen LogP contribution in [0.4, 0.5) is 11.4 Å². The molecule has 0 saturated heterocycles. The summed E-state index contributed by atoms with van der Waals surface area (Å²) in [6.07, 6.45) is 1.30. The summed E-state index contributed by atoms with van der Waals surface area (Å²) >= 11 is 0. The van der Waals surface area contributed by atoms with E-state index in [2.05, 4.69) is 10.5 Å². The van der Waals surface area contributed by atoms with Crippen LogP contribution < -0.4 is 26.7 Å². The zero-order chi connectivity index (χ0) is 23.2. The zero-order valence-electron chi connectivity index (χ0n) is 17.3. The second-order valence-corrected chi connectivity index (χ2v) is 7.41. The minimum Gasteiger partial charge on any atom is -0.860 e. The van der Waals surface area contributed by atoms with E-state index in [9.17, 15) is 29.9 Å². The van der Waals surface area contributed by atoms with Crippen LogP contribution in [-0.4, -0.2) is 14.6 Å². The number of nitro groups is 1. The Hall–Kier alpha value is -4.21. The molecule has 0 aliphatic heterocycles. The third-order valence-corrected chi connectivity index (χ3v) is 5.69. The van der Waals surface area contributed by atoms with Crippen LogP contribution in [-0.2, 0) is 0 Å². The van der Waals surface area contributed by atoms with Gasteiger partial charge in [-0.05, 0) is 36.2 Å². The molecule has 2 N–H and O–H groups in total. The molecule has 1 aromatic heterocycles. The molecule has 4 rings (SSSR count). The van der Waals surface area contributed by atoms with E-state index in [0.29, 0.717) is 12.8 Å². The van der Waals surface area contributed by atoms with E-state index in [1.807, 2.05) is 13.8 Å². The summed E-state index contributed by atoms with van der Waals surface area (Å²) in [5, 5.41) is 38.6. The Labute approximate surface area is 180 Å². The molecule has 0 amide bonds. The number of hydrogen-bond donors (Lipinski definition) is 2. The fourth-order valence-electron chi connectivity index (χ4n) is 4.01. The summed E-state index contributed by atoms with van der Waals surface area (Å²) in [5.74, 6) is -0.555. The average molecular weight is 435 g/mol. The number of non-ortho nitro benzene ring substituents is 1. The first-order valence-corrected chi connectivity index (χ1v) is 10.0. The number of fused-ring (bicyclic) bond motifs is 2. The van der Waals surface area contributed by atoms with E-state index in [1.165, 1.54) is 10.6 Å². The van der Waals surface area contributed by atoms with Gasteiger partial charge in [0.1, 0.15) is 0 Å². The molecule has 0 unspecified atom stereocenters. The SMILES string of the molecule is CCC(CC)n1c([O-])c2cccc(NN=c3c(=O)c4ccc([N+](=O)[O-])cc4c3=O)c2c1O. The minimum absolute atomic E-state index is 0.0314. The van der Waals surface area contributed by atoms with E-state index in [0.717, 1.165) is 12.1 Å². The molecule has 0 atom stereocenters. The summed E-state index contributed by atoms with van der Waals surface area (Å²) in [5.41, 5.74) is 1.16. The van der Waals surface area contributed by atoms with E-state index in [-0.39, 0.29) is 50.7 Å². The molecule has 10 heteroatoms. The molecule has 4 aromatic rings. The molecule has 32 heavy (non-hydrogen) atoms. The van der Waals surface area contributed by atoms with E-state index >= 15 is 0 Å². The standard InChI is InChI=1S/C22H20N4O6/c1-3-11(4-2)25-21(29)14-6-5-7-16(17(14)22(25)30)23-24-18-19(27)13-9-8-12(26(31)32)10-15(13)20(18)28/h5-11,23,29-30H,3-4H2,1-2H3/p-1. The fourth-order valence-corrected chi connectivity index (χ4v) is 4.01. The van der Waals surface area contributed by atoms with Crippen molar-refractivity contribution in [2.24, 2.45) is 5.10 Å². The van der Waals surface area contributed by atoms with E-state index in [1.54, 1.807) is 18.2 Å². The molecule has 0 aliphatic rings. The lowest BCUT2D eigenvalue weighted by Gasteiger charge is -2.22. The number of aromatic nitrogens is 1. The maximum atomic E-state index is 12.8. The maximum absolute atomic E-state index is 12.8. The lowest BCUT2D eigenvalue weighted by molar-refractivity contribution is -0.384. The molecule has 0 saturated carbocycles. The maximum Gasteiger partial charge on any atom is 0.270 e. The highest BCUT2D eigenvalue weighted by Gasteiger charge is 2.19. The van der Waals surface area contributed by atoms with Crippen LogP contribution in [0.15, 0.2) is 51.1 Å². The summed E-state index contributed by atoms with van der Waals surface area (Å²) < 4.78 is 1.34. The predicted molar refractivity (Wildman–Crippen MR) is 117 cm³/mol. The first-order valence-electron chi connectivity index (χ1n) is 10.0. The highest BCUT2D eigenvalue weighted by molar-refractivity contribution is 6.01. The monoisotopic (exact) mass is 435 g/mol. The minimum atomic E-state index is -0.739. The molecule has 10 nitrogen and oxygen atoms in total. The Morgan fingerprint density at radius 3 is 2.44 bits per heavy atom. The van der Waals surface area contributed by atoms with Crippen molar-refractivity contribution in [3.05, 3.63) is 72.3 Å². The molecule has 0 bridgehead atoms. The zero-order valence-corrected chi connectivity index (χ0v) is 17.3. The Balaban J connectivity index is 1.87. The Morgan fingerprint density at radius 1 is 1.09 bits per heavy atom. The van der Waals surface area contributed by atoms with Gasteiger partial charge in [-0.2, -0.15) is 5.10 Å². The van der Waals surface area contributed by atoms with Crippen molar-refractivity contribution in [3.8, 4) is 11.8 Å². The Morgan fingerprint density at radius 2 is 1.78 bits per heavy atom. The number of nitro benzene ring substituents is 1. The van der Waals surface area contributed by atoms with Crippen LogP contribution in [0, 0.1) is 10.1 Å². The molecule has 0 aliphatic carbocycles. The lowest BCUT2D eigenvalue weighted by Crippen LogP contribution is -2.32. The third kappa shape index (κ3) is 3.08. The van der Waals surface area contributed by atoms with Gasteiger partial charge in [-0.1, -0.05) is 26.0 Å². The van der Waals surface area contributed by atoms with E-state index < -0.39 is 21.1 Å². The number of hydrogen-bond acceptors (Lipinski definition) is 8. The summed E-state index contributed by atoms with van der Waals surface area (Å²) in [7, 11) is 0. The number of rotatable bonds is 6. The highest BCUT2D eigenvalue weighted by Crippen LogP contribution is 2.42. The molecular formula is C22H19N4O6-. The third-order valence-electron chi connectivity index (χ3n) is 5.69. The molecular weight excluding hydrogens is 416 g/mol. The number of aromatic hydroxyl groups is 1. The van der Waals surface area contributed by atoms with Crippen LogP contribution in [0.5, 0.6) is 11.8 Å². The lowest BCUT2D eigenvalue weighted by atomic mass is 10.2. The molecule has 0 spiro atoms. The van der Waals surface area contributed by atoms with Crippen molar-refractivity contribution in [1.82, 2.24) is 4.57 Å². The number of nitrogens with one attached hydrogen (secondary N) is 1. The fraction of sp³-hybridized carbons (Fsp3) is 0.227. The van der Waals surface area contributed by atoms with Crippen molar-refractivity contribution in [2.45, 2.75) is 32.7 Å². The van der Waals surface area contributed by atoms with Gasteiger partial charge < -0.3 is 14.8 Å². The molecule has 1 heterocycles. The largest absolute Gasteiger partial charge is 0.860 e. The molecule has 3 aromatic carbocycles. The Kier molecular flexibility index (Phi) is 5.13.